The monoisotopic (exact) mass is 456 g/mol. The van der Waals surface area contributed by atoms with Crippen LogP contribution in [0.4, 0.5) is 0 Å². The zero-order valence-corrected chi connectivity index (χ0v) is 16.7. The van der Waals surface area contributed by atoms with Crippen molar-refractivity contribution in [3.8, 4) is 0 Å². The summed E-state index contributed by atoms with van der Waals surface area (Å²) in [5.41, 5.74) is 11.3. The summed E-state index contributed by atoms with van der Waals surface area (Å²) in [5, 5.41) is 17.8. The van der Waals surface area contributed by atoms with E-state index in [1.165, 1.54) is 0 Å². The van der Waals surface area contributed by atoms with Crippen molar-refractivity contribution in [3.63, 3.8) is 0 Å². The molecule has 0 fully saturated rings. The Kier molecular flexibility index (Phi) is 8.54. The van der Waals surface area contributed by atoms with E-state index in [1.54, 1.807) is 20.4 Å². The Morgan fingerprint density at radius 1 is 0.900 bits per heavy atom. The third kappa shape index (κ3) is 6.58. The predicted octanol–water partition coefficient (Wildman–Crippen LogP) is -0.0128. The van der Waals surface area contributed by atoms with E-state index in [0.717, 1.165) is 0 Å². The molecule has 0 spiro atoms. The standard InChI is InChI=1S/C10H20N2O4S2Se2/c1-9(2,5(11)7(13)14)17-19-20-18-10(3,4)6(12)8(15)16/h5-6H,11-12H2,1-4H3,(H,13,14)(H,15,16)/t5-,6-/m0/s1. The van der Waals surface area contributed by atoms with Gasteiger partial charge >= 0.3 is 137 Å². The van der Waals surface area contributed by atoms with E-state index in [2.05, 4.69) is 0 Å². The van der Waals surface area contributed by atoms with E-state index >= 15 is 0 Å². The molecule has 0 saturated heterocycles. The summed E-state index contributed by atoms with van der Waals surface area (Å²) in [7, 11) is 3.10. The average molecular weight is 454 g/mol. The van der Waals surface area contributed by atoms with E-state index in [9.17, 15) is 9.59 Å². The molecule has 0 radical (unpaired) electrons. The van der Waals surface area contributed by atoms with Crippen molar-refractivity contribution in [1.29, 1.82) is 0 Å². The van der Waals surface area contributed by atoms with Crippen LogP contribution in [0.25, 0.3) is 0 Å². The number of hydrogen-bond acceptors (Lipinski definition) is 6. The van der Waals surface area contributed by atoms with Crippen LogP contribution < -0.4 is 11.5 Å². The van der Waals surface area contributed by atoms with E-state index < -0.39 is 33.5 Å². The van der Waals surface area contributed by atoms with E-state index in [-0.39, 0.29) is 24.0 Å². The van der Waals surface area contributed by atoms with Crippen LogP contribution in [0.5, 0.6) is 0 Å². The first-order valence-electron chi connectivity index (χ1n) is 5.59. The van der Waals surface area contributed by atoms with E-state index in [1.807, 2.05) is 27.7 Å². The van der Waals surface area contributed by atoms with E-state index in [4.69, 9.17) is 21.7 Å². The molecule has 0 aliphatic rings. The van der Waals surface area contributed by atoms with Gasteiger partial charge in [0.2, 0.25) is 0 Å². The van der Waals surface area contributed by atoms with Gasteiger partial charge in [0.25, 0.3) is 0 Å². The number of nitrogens with two attached hydrogens (primary N) is 2. The maximum atomic E-state index is 10.9. The van der Waals surface area contributed by atoms with Crippen molar-refractivity contribution in [1.82, 2.24) is 0 Å². The fraction of sp³-hybridized carbons (Fsp3) is 0.800. The van der Waals surface area contributed by atoms with Gasteiger partial charge in [-0.3, -0.25) is 0 Å². The molecule has 0 aliphatic heterocycles. The number of rotatable bonds is 9. The van der Waals surface area contributed by atoms with Crippen LogP contribution in [-0.2, 0) is 9.59 Å². The molecule has 0 amide bonds. The van der Waals surface area contributed by atoms with E-state index in [0.29, 0.717) is 0 Å². The van der Waals surface area contributed by atoms with Gasteiger partial charge in [-0.05, 0) is 0 Å². The second-order valence-electron chi connectivity index (χ2n) is 5.14. The second-order valence-corrected chi connectivity index (χ2v) is 20.6. The summed E-state index contributed by atoms with van der Waals surface area (Å²) in [6.07, 6.45) is 0. The molecule has 0 aromatic carbocycles. The SMILES string of the molecule is CC(C)(S[Se][Se]SC(C)(C)[C@@H](N)C(=O)O)[C@@H](N)C(=O)O. The minimum atomic E-state index is -1.01. The van der Waals surface area contributed by atoms with Gasteiger partial charge in [0.15, 0.2) is 0 Å². The fourth-order valence-electron chi connectivity index (χ4n) is 0.902. The molecule has 0 heterocycles. The van der Waals surface area contributed by atoms with Crippen LogP contribution in [0.1, 0.15) is 27.7 Å². The molecule has 6 N–H and O–H groups in total. The van der Waals surface area contributed by atoms with Crippen LogP contribution in [0, 0.1) is 0 Å². The average Bonchev–Trinajstić information content (AvgIpc) is 2.32. The molecule has 0 unspecified atom stereocenters. The first-order valence-corrected chi connectivity index (χ1v) is 15.6. The van der Waals surface area contributed by atoms with Gasteiger partial charge in [0.1, 0.15) is 0 Å². The Morgan fingerprint density at radius 3 is 1.35 bits per heavy atom. The maximum absolute atomic E-state index is 10.9. The third-order valence-corrected chi connectivity index (χ3v) is 21.5. The van der Waals surface area contributed by atoms with Gasteiger partial charge in [-0.25, -0.2) is 0 Å². The van der Waals surface area contributed by atoms with Gasteiger partial charge in [-0.15, -0.1) is 0 Å². The first-order chi connectivity index (χ1) is 8.92. The summed E-state index contributed by atoms with van der Waals surface area (Å²) >= 11 is 0.313. The molecule has 6 nitrogen and oxygen atoms in total. The first kappa shape index (κ1) is 20.6. The molecular weight excluding hydrogens is 434 g/mol. The van der Waals surface area contributed by atoms with Gasteiger partial charge in [-0.1, -0.05) is 0 Å². The zero-order valence-electron chi connectivity index (χ0n) is 11.7. The Hall–Kier alpha value is 0.599. The molecule has 0 saturated carbocycles. The summed E-state index contributed by atoms with van der Waals surface area (Å²) in [6.45, 7) is 7.25. The number of carboxylic acids is 2. The van der Waals surface area contributed by atoms with Crippen LogP contribution in [0.15, 0.2) is 0 Å². The Balaban J connectivity index is 4.27. The number of hydrogen-bond donors (Lipinski definition) is 4. The summed E-state index contributed by atoms with van der Waals surface area (Å²) in [5.74, 6) is -2.02. The normalized spacial score (nSPS) is 15.7. The summed E-state index contributed by atoms with van der Waals surface area (Å²) in [6, 6.07) is -1.83. The number of aliphatic carboxylic acids is 2. The van der Waals surface area contributed by atoms with Crippen LogP contribution in [-0.4, -0.2) is 67.8 Å². The van der Waals surface area contributed by atoms with Crippen LogP contribution in [0.3, 0.4) is 0 Å². The van der Waals surface area contributed by atoms with Crippen molar-refractivity contribution in [2.24, 2.45) is 11.5 Å². The molecule has 0 aliphatic carbocycles. The fourth-order valence-corrected chi connectivity index (χ4v) is 23.4. The van der Waals surface area contributed by atoms with Crippen LogP contribution in [0.2, 0.25) is 0 Å². The molecule has 0 aromatic heterocycles. The quantitative estimate of drug-likeness (QED) is 0.283. The van der Waals surface area contributed by atoms with Crippen molar-refractivity contribution in [2.75, 3.05) is 0 Å². The second kappa shape index (κ2) is 8.29. The Labute approximate surface area is 136 Å². The van der Waals surface area contributed by atoms with Gasteiger partial charge in [0.05, 0.1) is 0 Å². The predicted molar refractivity (Wildman–Crippen MR) is 86.1 cm³/mol. The molecule has 20 heavy (non-hydrogen) atoms. The van der Waals surface area contributed by atoms with Crippen LogP contribution >= 0.6 is 20.4 Å². The third-order valence-electron chi connectivity index (χ3n) is 2.56. The molecule has 0 rings (SSSR count). The molecule has 2 atom stereocenters. The Morgan fingerprint density at radius 2 is 1.15 bits per heavy atom. The summed E-state index contributed by atoms with van der Waals surface area (Å²) < 4.78 is -1.07. The minimum absolute atomic E-state index is 0.156. The molecular formula is C10H20N2O4S2Se2. The van der Waals surface area contributed by atoms with Crippen molar-refractivity contribution < 1.29 is 19.8 Å². The van der Waals surface area contributed by atoms with Gasteiger partial charge in [0, 0.05) is 0 Å². The number of carbonyl (C=O) groups is 2. The number of carboxylic acid groups (broad SMARTS) is 2. The molecule has 10 heteroatoms. The van der Waals surface area contributed by atoms with Gasteiger partial charge in [-0.2, -0.15) is 0 Å². The van der Waals surface area contributed by atoms with Crippen molar-refractivity contribution in [2.45, 2.75) is 49.3 Å². The Bertz CT molecular complexity index is 335. The topological polar surface area (TPSA) is 127 Å². The molecule has 0 aromatic rings. The van der Waals surface area contributed by atoms with Crippen molar-refractivity contribution >= 4 is 56.3 Å². The zero-order chi connectivity index (χ0) is 16.1. The van der Waals surface area contributed by atoms with Crippen molar-refractivity contribution in [3.05, 3.63) is 0 Å². The van der Waals surface area contributed by atoms with Gasteiger partial charge < -0.3 is 0 Å². The molecule has 118 valence electrons. The molecule has 0 bridgehead atoms. The summed E-state index contributed by atoms with van der Waals surface area (Å²) in [4.78, 5) is 21.8.